The summed E-state index contributed by atoms with van der Waals surface area (Å²) in [4.78, 5) is 36.3. The predicted octanol–water partition coefficient (Wildman–Crippen LogP) is 1.67. The van der Waals surface area contributed by atoms with Crippen LogP contribution in [-0.4, -0.2) is 66.6 Å². The van der Waals surface area contributed by atoms with E-state index in [1.165, 1.54) is 11.2 Å². The fraction of sp³-hybridized carbons (Fsp3) is 0.435. The Morgan fingerprint density at radius 1 is 1.21 bits per heavy atom. The first-order valence-corrected chi connectivity index (χ1v) is 11.0. The van der Waals surface area contributed by atoms with Crippen molar-refractivity contribution in [3.05, 3.63) is 42.5 Å². The third kappa shape index (κ3) is 4.46. The van der Waals surface area contributed by atoms with Crippen LogP contribution in [0.5, 0.6) is 0 Å². The van der Waals surface area contributed by atoms with E-state index in [-0.39, 0.29) is 17.6 Å². The van der Waals surface area contributed by atoms with Gasteiger partial charge in [-0.25, -0.2) is 9.50 Å². The minimum atomic E-state index is -1.17. The first-order valence-electron chi connectivity index (χ1n) is 11.0. The third-order valence-corrected chi connectivity index (χ3v) is 6.16. The molecular formula is C23H28N7O3-. The van der Waals surface area contributed by atoms with Crippen LogP contribution in [-0.2, 0) is 0 Å². The van der Waals surface area contributed by atoms with Crippen molar-refractivity contribution < 1.29 is 14.7 Å². The van der Waals surface area contributed by atoms with Crippen molar-refractivity contribution in [2.45, 2.75) is 39.2 Å². The second-order valence-corrected chi connectivity index (χ2v) is 9.37. The molecule has 0 bridgehead atoms. The average Bonchev–Trinajstić information content (AvgIpc) is 3.18. The number of nitrogens with two attached hydrogens (primary N) is 1. The van der Waals surface area contributed by atoms with E-state index in [0.717, 1.165) is 11.3 Å². The van der Waals surface area contributed by atoms with Gasteiger partial charge in [-0.05, 0) is 57.7 Å². The number of carbonyl (C=O) groups excluding carboxylic acids is 2. The van der Waals surface area contributed by atoms with Crippen LogP contribution in [0.25, 0.3) is 16.8 Å². The lowest BCUT2D eigenvalue weighted by Gasteiger charge is -2.42. The maximum Gasteiger partial charge on any atom is 0.256 e. The zero-order valence-corrected chi connectivity index (χ0v) is 19.1. The average molecular weight is 451 g/mol. The summed E-state index contributed by atoms with van der Waals surface area (Å²) in [7, 11) is 0. The van der Waals surface area contributed by atoms with Gasteiger partial charge in [-0.3, -0.25) is 9.78 Å². The van der Waals surface area contributed by atoms with Crippen LogP contribution in [0.3, 0.4) is 0 Å². The van der Waals surface area contributed by atoms with Crippen LogP contribution in [0.15, 0.2) is 36.9 Å². The maximum atomic E-state index is 13.5. The number of rotatable bonds is 4. The molecule has 2 N–H and O–H groups in total. The number of nitrogen functional groups attached to an aromatic ring is 1. The quantitative estimate of drug-likeness (QED) is 0.639. The number of anilines is 1. The number of carbonyl (C=O) groups is 2. The lowest BCUT2D eigenvalue weighted by atomic mass is 9.94. The van der Waals surface area contributed by atoms with Gasteiger partial charge in [0.05, 0.1) is 11.3 Å². The summed E-state index contributed by atoms with van der Waals surface area (Å²) in [6.45, 7) is 7.02. The standard InChI is InChI=1S/C23H29N7O3/c1-23(2,3)29(22(32)33)13-15-6-10-28(11-7-15)21(31)17-12-18(16-4-8-25-9-5-16)30-19(17)20(24)26-14-27-30/h4-5,8-9,12,14-15H,6-7,10-11,13H2,1-3H3,(H,32,33)(H2,24,26,27)/p-1. The number of likely N-dealkylation sites (tertiary alicyclic amines) is 1. The highest BCUT2D eigenvalue weighted by molar-refractivity contribution is 6.05. The summed E-state index contributed by atoms with van der Waals surface area (Å²) in [6.07, 6.45) is 4.98. The summed E-state index contributed by atoms with van der Waals surface area (Å²) in [6, 6.07) is 5.48. The third-order valence-electron chi connectivity index (χ3n) is 6.16. The molecule has 0 saturated carbocycles. The van der Waals surface area contributed by atoms with Gasteiger partial charge in [-0.1, -0.05) is 0 Å². The van der Waals surface area contributed by atoms with Crippen LogP contribution in [0, 0.1) is 5.92 Å². The molecule has 3 aromatic heterocycles. The van der Waals surface area contributed by atoms with Crippen LogP contribution in [0.4, 0.5) is 10.6 Å². The number of fused-ring (bicyclic) bond motifs is 1. The predicted molar refractivity (Wildman–Crippen MR) is 121 cm³/mol. The molecule has 1 saturated heterocycles. The maximum absolute atomic E-state index is 13.5. The van der Waals surface area contributed by atoms with E-state index in [1.54, 1.807) is 27.9 Å². The molecule has 0 unspecified atom stereocenters. The topological polar surface area (TPSA) is 133 Å². The second kappa shape index (κ2) is 8.68. The Kier molecular flexibility index (Phi) is 5.92. The molecule has 174 valence electrons. The van der Waals surface area contributed by atoms with Gasteiger partial charge in [-0.2, -0.15) is 5.10 Å². The molecule has 3 aromatic rings. The molecule has 0 radical (unpaired) electrons. The van der Waals surface area contributed by atoms with Gasteiger partial charge in [0.25, 0.3) is 5.91 Å². The van der Waals surface area contributed by atoms with Gasteiger partial charge >= 0.3 is 0 Å². The molecular weight excluding hydrogens is 422 g/mol. The van der Waals surface area contributed by atoms with Crippen LogP contribution in [0.1, 0.15) is 44.0 Å². The molecule has 4 rings (SSSR count). The highest BCUT2D eigenvalue weighted by atomic mass is 16.4. The Morgan fingerprint density at radius 3 is 2.48 bits per heavy atom. The van der Waals surface area contributed by atoms with E-state index in [1.807, 2.05) is 32.9 Å². The Hall–Kier alpha value is -3.69. The fourth-order valence-corrected chi connectivity index (χ4v) is 4.33. The van der Waals surface area contributed by atoms with Crippen LogP contribution in [0.2, 0.25) is 0 Å². The van der Waals surface area contributed by atoms with E-state index in [2.05, 4.69) is 15.1 Å². The fourth-order valence-electron chi connectivity index (χ4n) is 4.33. The van der Waals surface area contributed by atoms with Crippen molar-refractivity contribution in [3.8, 4) is 11.3 Å². The molecule has 0 aromatic carbocycles. The summed E-state index contributed by atoms with van der Waals surface area (Å²) >= 11 is 0. The minimum absolute atomic E-state index is 0.139. The number of hydrogen-bond acceptors (Lipinski definition) is 7. The number of nitrogens with zero attached hydrogens (tertiary/aromatic N) is 6. The Morgan fingerprint density at radius 2 is 1.88 bits per heavy atom. The zero-order valence-electron chi connectivity index (χ0n) is 19.1. The molecule has 1 aliphatic rings. The molecule has 1 fully saturated rings. The van der Waals surface area contributed by atoms with Crippen molar-refractivity contribution >= 4 is 23.3 Å². The Bertz CT molecular complexity index is 1160. The SMILES string of the molecule is CC(C)(C)N(CC1CCN(C(=O)c2cc(-c3ccncc3)n3ncnc(N)c23)CC1)C(=O)[O-]. The van der Waals surface area contributed by atoms with Gasteiger partial charge in [0.1, 0.15) is 17.9 Å². The normalized spacial score (nSPS) is 15.1. The second-order valence-electron chi connectivity index (χ2n) is 9.37. The number of amides is 2. The van der Waals surface area contributed by atoms with Gasteiger partial charge in [0.15, 0.2) is 5.82 Å². The Labute approximate surface area is 192 Å². The zero-order chi connectivity index (χ0) is 23.8. The van der Waals surface area contributed by atoms with Gasteiger partial charge in [-0.15, -0.1) is 0 Å². The van der Waals surface area contributed by atoms with Crippen molar-refractivity contribution in [2.24, 2.45) is 5.92 Å². The molecule has 4 heterocycles. The molecule has 33 heavy (non-hydrogen) atoms. The van der Waals surface area contributed by atoms with Gasteiger partial charge in [0.2, 0.25) is 0 Å². The van der Waals surface area contributed by atoms with Crippen molar-refractivity contribution in [2.75, 3.05) is 25.4 Å². The van der Waals surface area contributed by atoms with E-state index < -0.39 is 11.6 Å². The molecule has 0 spiro atoms. The highest BCUT2D eigenvalue weighted by Crippen LogP contribution is 2.30. The number of pyridine rings is 1. The van der Waals surface area contributed by atoms with Crippen LogP contribution >= 0.6 is 0 Å². The monoisotopic (exact) mass is 450 g/mol. The molecule has 10 heteroatoms. The summed E-state index contributed by atoms with van der Waals surface area (Å²) in [5.74, 6) is 0.261. The minimum Gasteiger partial charge on any atom is -0.530 e. The van der Waals surface area contributed by atoms with Crippen molar-refractivity contribution in [1.29, 1.82) is 0 Å². The summed E-state index contributed by atoms with van der Waals surface area (Å²) in [5.41, 5.74) is 8.13. The molecule has 10 nitrogen and oxygen atoms in total. The van der Waals surface area contributed by atoms with E-state index >= 15 is 0 Å². The van der Waals surface area contributed by atoms with Crippen molar-refractivity contribution in [3.63, 3.8) is 0 Å². The van der Waals surface area contributed by atoms with Gasteiger partial charge in [0, 0.05) is 43.1 Å². The van der Waals surface area contributed by atoms with Crippen molar-refractivity contribution in [1.82, 2.24) is 29.4 Å². The van der Waals surface area contributed by atoms with Gasteiger partial charge < -0.3 is 25.4 Å². The molecule has 1 aliphatic heterocycles. The first kappa shape index (κ1) is 22.5. The molecule has 2 amide bonds. The smallest absolute Gasteiger partial charge is 0.256 e. The lowest BCUT2D eigenvalue weighted by Crippen LogP contribution is -2.54. The number of carboxylic acid groups (broad SMARTS) is 1. The molecule has 0 atom stereocenters. The largest absolute Gasteiger partial charge is 0.530 e. The van der Waals surface area contributed by atoms with Crippen LogP contribution < -0.4 is 10.8 Å². The number of hydrogen-bond donors (Lipinski definition) is 1. The number of aromatic nitrogens is 4. The molecule has 0 aliphatic carbocycles. The van der Waals surface area contributed by atoms with E-state index in [0.29, 0.717) is 43.6 Å². The van der Waals surface area contributed by atoms with E-state index in [4.69, 9.17) is 5.73 Å². The highest BCUT2D eigenvalue weighted by Gasteiger charge is 2.30. The summed E-state index contributed by atoms with van der Waals surface area (Å²) in [5, 5.41) is 15.9. The first-order chi connectivity index (χ1) is 15.7. The van der Waals surface area contributed by atoms with E-state index in [9.17, 15) is 14.7 Å². The summed E-state index contributed by atoms with van der Waals surface area (Å²) < 4.78 is 1.64. The number of piperidine rings is 1. The lowest BCUT2D eigenvalue weighted by molar-refractivity contribution is -0.271. The Balaban J connectivity index is 1.55.